The molecule has 1 heterocycles. The number of rotatable bonds is 0. The second kappa shape index (κ2) is 2.59. The highest BCUT2D eigenvalue weighted by Gasteiger charge is 2.12. The average molecular weight is 167 g/mol. The van der Waals surface area contributed by atoms with Crippen molar-refractivity contribution in [1.82, 2.24) is 0 Å². The third kappa shape index (κ3) is 1.24. The molecule has 0 aromatic rings. The average Bonchev–Trinajstić information content (AvgIpc) is 2.04. The molecule has 0 amide bonds. The lowest BCUT2D eigenvalue weighted by Gasteiger charge is -2.16. The molecule has 0 radical (unpaired) electrons. The highest BCUT2D eigenvalue weighted by atomic mass is 35.5. The zero-order chi connectivity index (χ0) is 7.68. The standard InChI is InChI=1S/C9H7ClO/c10-9-6-5-7-3-1-2-4-8(7)11-9/h1-2,4-6H,3H2. The Balaban J connectivity index is 2.36. The Hall–Kier alpha value is -0.950. The molecule has 2 rings (SSSR count). The van der Waals surface area contributed by atoms with Crippen LogP contribution < -0.4 is 0 Å². The summed E-state index contributed by atoms with van der Waals surface area (Å²) in [5, 5.41) is 0.440. The van der Waals surface area contributed by atoms with Crippen molar-refractivity contribution in [2.24, 2.45) is 0 Å². The fourth-order valence-corrected chi connectivity index (χ4v) is 1.26. The molecule has 0 fully saturated rings. The highest BCUT2D eigenvalue weighted by Crippen LogP contribution is 2.28. The predicted octanol–water partition coefficient (Wildman–Crippen LogP) is 2.87. The molecule has 2 heteroatoms. The van der Waals surface area contributed by atoms with Crippen molar-refractivity contribution < 1.29 is 4.74 Å². The van der Waals surface area contributed by atoms with E-state index in [9.17, 15) is 0 Å². The normalized spacial score (nSPS) is 21.0. The number of ether oxygens (including phenoxy) is 1. The maximum Gasteiger partial charge on any atom is 0.193 e. The van der Waals surface area contributed by atoms with Gasteiger partial charge in [-0.05, 0) is 35.7 Å². The molecule has 0 spiro atoms. The Morgan fingerprint density at radius 3 is 3.09 bits per heavy atom. The van der Waals surface area contributed by atoms with Gasteiger partial charge in [-0.2, -0.15) is 0 Å². The van der Waals surface area contributed by atoms with E-state index in [0.717, 1.165) is 12.2 Å². The van der Waals surface area contributed by atoms with Crippen LogP contribution in [0.1, 0.15) is 6.42 Å². The van der Waals surface area contributed by atoms with E-state index >= 15 is 0 Å². The lowest BCUT2D eigenvalue weighted by molar-refractivity contribution is 0.338. The van der Waals surface area contributed by atoms with Crippen LogP contribution in [0.3, 0.4) is 0 Å². The Morgan fingerprint density at radius 1 is 1.27 bits per heavy atom. The molecule has 1 nitrogen and oxygen atoms in total. The highest BCUT2D eigenvalue weighted by molar-refractivity contribution is 6.28. The number of hydrogen-bond acceptors (Lipinski definition) is 1. The molecule has 56 valence electrons. The minimum Gasteiger partial charge on any atom is -0.445 e. The molecule has 0 aromatic heterocycles. The zero-order valence-corrected chi connectivity index (χ0v) is 6.64. The van der Waals surface area contributed by atoms with Crippen LogP contribution in [0, 0.1) is 0 Å². The summed E-state index contributed by atoms with van der Waals surface area (Å²) < 4.78 is 5.26. The van der Waals surface area contributed by atoms with Gasteiger partial charge in [0, 0.05) is 0 Å². The molecule has 0 saturated carbocycles. The van der Waals surface area contributed by atoms with Gasteiger partial charge >= 0.3 is 0 Å². The second-order valence-corrected chi connectivity index (χ2v) is 2.80. The van der Waals surface area contributed by atoms with Crippen molar-refractivity contribution in [3.63, 3.8) is 0 Å². The molecular formula is C9H7ClO. The third-order valence-corrected chi connectivity index (χ3v) is 1.86. The van der Waals surface area contributed by atoms with Crippen LogP contribution in [0.25, 0.3) is 0 Å². The van der Waals surface area contributed by atoms with Crippen LogP contribution in [0.2, 0.25) is 0 Å². The van der Waals surface area contributed by atoms with Gasteiger partial charge in [0.05, 0.1) is 0 Å². The monoisotopic (exact) mass is 166 g/mol. The van der Waals surface area contributed by atoms with E-state index in [0.29, 0.717) is 5.22 Å². The van der Waals surface area contributed by atoms with Crippen LogP contribution in [-0.2, 0) is 4.74 Å². The maximum atomic E-state index is 5.67. The van der Waals surface area contributed by atoms with Crippen LogP contribution in [0.15, 0.2) is 46.9 Å². The molecule has 11 heavy (non-hydrogen) atoms. The molecule has 1 aliphatic carbocycles. The minimum absolute atomic E-state index is 0.440. The maximum absolute atomic E-state index is 5.67. The van der Waals surface area contributed by atoms with E-state index < -0.39 is 0 Å². The van der Waals surface area contributed by atoms with Crippen molar-refractivity contribution in [2.45, 2.75) is 6.42 Å². The van der Waals surface area contributed by atoms with Crippen molar-refractivity contribution >= 4 is 11.6 Å². The van der Waals surface area contributed by atoms with Crippen molar-refractivity contribution in [3.05, 3.63) is 46.9 Å². The summed E-state index contributed by atoms with van der Waals surface area (Å²) in [7, 11) is 0. The Labute approximate surface area is 70.3 Å². The largest absolute Gasteiger partial charge is 0.445 e. The van der Waals surface area contributed by atoms with Gasteiger partial charge in [0.25, 0.3) is 0 Å². The summed E-state index contributed by atoms with van der Waals surface area (Å²) in [6, 6.07) is 0. The van der Waals surface area contributed by atoms with E-state index in [2.05, 4.69) is 6.08 Å². The number of hydrogen-bond donors (Lipinski definition) is 0. The Kier molecular flexibility index (Phi) is 1.59. The smallest absolute Gasteiger partial charge is 0.193 e. The van der Waals surface area contributed by atoms with E-state index in [1.165, 1.54) is 5.57 Å². The minimum atomic E-state index is 0.440. The third-order valence-electron chi connectivity index (χ3n) is 1.66. The summed E-state index contributed by atoms with van der Waals surface area (Å²) in [6.45, 7) is 0. The van der Waals surface area contributed by atoms with E-state index in [1.807, 2.05) is 18.2 Å². The summed E-state index contributed by atoms with van der Waals surface area (Å²) in [5.41, 5.74) is 1.19. The zero-order valence-electron chi connectivity index (χ0n) is 5.88. The van der Waals surface area contributed by atoms with Gasteiger partial charge in [-0.1, -0.05) is 18.2 Å². The van der Waals surface area contributed by atoms with E-state index in [1.54, 1.807) is 6.08 Å². The molecule has 0 bridgehead atoms. The van der Waals surface area contributed by atoms with Crippen molar-refractivity contribution in [1.29, 1.82) is 0 Å². The van der Waals surface area contributed by atoms with Gasteiger partial charge in [0.15, 0.2) is 5.22 Å². The van der Waals surface area contributed by atoms with Gasteiger partial charge in [-0.15, -0.1) is 0 Å². The lowest BCUT2D eigenvalue weighted by Crippen LogP contribution is -1.99. The molecule has 0 atom stereocenters. The van der Waals surface area contributed by atoms with Crippen LogP contribution >= 0.6 is 11.6 Å². The SMILES string of the molecule is ClC1=CC=C2CC=CC=C2O1. The first-order valence-corrected chi connectivity index (χ1v) is 3.85. The second-order valence-electron chi connectivity index (χ2n) is 2.43. The summed E-state index contributed by atoms with van der Waals surface area (Å²) in [4.78, 5) is 0. The molecule has 0 saturated heterocycles. The molecule has 0 aromatic carbocycles. The predicted molar refractivity (Wildman–Crippen MR) is 44.9 cm³/mol. The molecule has 1 aliphatic heterocycles. The van der Waals surface area contributed by atoms with Gasteiger partial charge in [-0.3, -0.25) is 0 Å². The van der Waals surface area contributed by atoms with E-state index in [-0.39, 0.29) is 0 Å². The Bertz CT molecular complexity index is 295. The number of halogens is 1. The van der Waals surface area contributed by atoms with Crippen LogP contribution in [0.4, 0.5) is 0 Å². The molecule has 2 aliphatic rings. The first kappa shape index (κ1) is 6.74. The Morgan fingerprint density at radius 2 is 2.18 bits per heavy atom. The van der Waals surface area contributed by atoms with Gasteiger partial charge < -0.3 is 4.74 Å². The molecule has 0 unspecified atom stereocenters. The fourth-order valence-electron chi connectivity index (χ4n) is 1.11. The lowest BCUT2D eigenvalue weighted by atomic mass is 10.0. The van der Waals surface area contributed by atoms with E-state index in [4.69, 9.17) is 16.3 Å². The quantitative estimate of drug-likeness (QED) is 0.538. The molecular weight excluding hydrogens is 160 g/mol. The summed E-state index contributed by atoms with van der Waals surface area (Å²) in [5.74, 6) is 0.875. The number of fused-ring (bicyclic) bond motifs is 1. The fraction of sp³-hybridized carbons (Fsp3) is 0.111. The van der Waals surface area contributed by atoms with Gasteiger partial charge in [-0.25, -0.2) is 0 Å². The van der Waals surface area contributed by atoms with Crippen LogP contribution in [0.5, 0.6) is 0 Å². The van der Waals surface area contributed by atoms with Crippen LogP contribution in [-0.4, -0.2) is 0 Å². The van der Waals surface area contributed by atoms with Crippen molar-refractivity contribution in [2.75, 3.05) is 0 Å². The number of allylic oxidation sites excluding steroid dienone is 6. The van der Waals surface area contributed by atoms with Gasteiger partial charge in [0.2, 0.25) is 0 Å². The first-order valence-electron chi connectivity index (χ1n) is 3.48. The van der Waals surface area contributed by atoms with Gasteiger partial charge in [0.1, 0.15) is 5.76 Å². The summed E-state index contributed by atoms with van der Waals surface area (Å²) in [6.07, 6.45) is 10.7. The topological polar surface area (TPSA) is 9.23 Å². The van der Waals surface area contributed by atoms with Crippen molar-refractivity contribution in [3.8, 4) is 0 Å². The summed E-state index contributed by atoms with van der Waals surface area (Å²) >= 11 is 5.67. The first-order chi connectivity index (χ1) is 5.36. The molecule has 0 N–H and O–H groups in total.